The van der Waals surface area contributed by atoms with Crippen molar-refractivity contribution in [2.45, 2.75) is 64.7 Å². The molecule has 2 N–H and O–H groups in total. The molecule has 5 atom stereocenters. The van der Waals surface area contributed by atoms with E-state index in [1.165, 1.54) is 6.42 Å². The van der Waals surface area contributed by atoms with E-state index in [2.05, 4.69) is 25.9 Å². The van der Waals surface area contributed by atoms with Crippen LogP contribution in [-0.4, -0.2) is 21.9 Å². The maximum absolute atomic E-state index is 6.38. The minimum absolute atomic E-state index is 0.0284. The zero-order chi connectivity index (χ0) is 14.7. The Morgan fingerprint density at radius 3 is 2.70 bits per heavy atom. The summed E-state index contributed by atoms with van der Waals surface area (Å²) in [6.45, 7) is 6.79. The molecule has 1 aromatic rings. The lowest BCUT2D eigenvalue weighted by Gasteiger charge is -2.35. The van der Waals surface area contributed by atoms with Crippen LogP contribution in [0.5, 0.6) is 0 Å². The summed E-state index contributed by atoms with van der Waals surface area (Å²) in [4.78, 5) is 0. The molecule has 1 aliphatic rings. The molecule has 4 heteroatoms. The van der Waals surface area contributed by atoms with Crippen LogP contribution in [0.4, 0.5) is 0 Å². The standard InChI is InChI=1S/C16H29N3O/c1-5-15(17)16(13-9-18-19(4)10-13)20-14-7-6-11(2)12(3)8-14/h9-12,14-16H,5-8,17H2,1-4H3. The average molecular weight is 279 g/mol. The molecule has 1 aliphatic carbocycles. The topological polar surface area (TPSA) is 53.1 Å². The summed E-state index contributed by atoms with van der Waals surface area (Å²) in [6.07, 6.45) is 8.69. The van der Waals surface area contributed by atoms with Gasteiger partial charge in [0, 0.05) is 24.8 Å². The SMILES string of the molecule is CCC(N)C(OC1CCC(C)C(C)C1)c1cnn(C)c1. The van der Waals surface area contributed by atoms with Gasteiger partial charge in [-0.15, -0.1) is 0 Å². The van der Waals surface area contributed by atoms with Crippen LogP contribution in [0.3, 0.4) is 0 Å². The van der Waals surface area contributed by atoms with Crippen LogP contribution < -0.4 is 5.73 Å². The van der Waals surface area contributed by atoms with Crippen molar-refractivity contribution < 1.29 is 4.74 Å². The Morgan fingerprint density at radius 2 is 2.15 bits per heavy atom. The molecule has 0 bridgehead atoms. The third-order valence-corrected chi connectivity index (χ3v) is 4.80. The highest BCUT2D eigenvalue weighted by molar-refractivity contribution is 5.11. The van der Waals surface area contributed by atoms with Gasteiger partial charge in [0.25, 0.3) is 0 Å². The third kappa shape index (κ3) is 3.61. The van der Waals surface area contributed by atoms with Crippen LogP contribution in [-0.2, 0) is 11.8 Å². The Bertz CT molecular complexity index is 418. The number of aromatic nitrogens is 2. The second-order valence-electron chi connectivity index (χ2n) is 6.47. The van der Waals surface area contributed by atoms with Gasteiger partial charge >= 0.3 is 0 Å². The molecule has 5 unspecified atom stereocenters. The summed E-state index contributed by atoms with van der Waals surface area (Å²) in [6, 6.07) is 0.0360. The molecular formula is C16H29N3O. The van der Waals surface area contributed by atoms with Crippen molar-refractivity contribution in [3.8, 4) is 0 Å². The van der Waals surface area contributed by atoms with E-state index < -0.39 is 0 Å². The number of nitrogens with zero attached hydrogens (tertiary/aromatic N) is 2. The fraction of sp³-hybridized carbons (Fsp3) is 0.812. The van der Waals surface area contributed by atoms with Gasteiger partial charge in [-0.2, -0.15) is 5.10 Å². The van der Waals surface area contributed by atoms with Crippen molar-refractivity contribution >= 4 is 0 Å². The molecule has 4 nitrogen and oxygen atoms in total. The monoisotopic (exact) mass is 279 g/mol. The lowest BCUT2D eigenvalue weighted by molar-refractivity contribution is -0.0594. The first-order chi connectivity index (χ1) is 9.51. The second-order valence-corrected chi connectivity index (χ2v) is 6.47. The van der Waals surface area contributed by atoms with Gasteiger partial charge in [0.2, 0.25) is 0 Å². The normalized spacial score (nSPS) is 30.1. The molecular weight excluding hydrogens is 250 g/mol. The number of rotatable bonds is 5. The summed E-state index contributed by atoms with van der Waals surface area (Å²) in [5, 5.41) is 4.26. The Morgan fingerprint density at radius 1 is 1.40 bits per heavy atom. The van der Waals surface area contributed by atoms with E-state index in [0.29, 0.717) is 6.10 Å². The van der Waals surface area contributed by atoms with Crippen LogP contribution in [0.2, 0.25) is 0 Å². The lowest BCUT2D eigenvalue weighted by Crippen LogP contribution is -2.35. The van der Waals surface area contributed by atoms with Gasteiger partial charge in [-0.05, 0) is 37.5 Å². The van der Waals surface area contributed by atoms with E-state index >= 15 is 0 Å². The first-order valence-electron chi connectivity index (χ1n) is 7.90. The van der Waals surface area contributed by atoms with Crippen molar-refractivity contribution in [1.82, 2.24) is 9.78 Å². The van der Waals surface area contributed by atoms with Crippen molar-refractivity contribution in [2.75, 3.05) is 0 Å². The number of hydrogen-bond donors (Lipinski definition) is 1. The van der Waals surface area contributed by atoms with Crippen molar-refractivity contribution in [1.29, 1.82) is 0 Å². The first kappa shape index (κ1) is 15.5. The Labute approximate surface area is 122 Å². The first-order valence-corrected chi connectivity index (χ1v) is 7.90. The molecule has 0 spiro atoms. The van der Waals surface area contributed by atoms with Gasteiger partial charge in [0.1, 0.15) is 6.10 Å². The van der Waals surface area contributed by atoms with Gasteiger partial charge < -0.3 is 10.5 Å². The minimum atomic E-state index is -0.0284. The summed E-state index contributed by atoms with van der Waals surface area (Å²) < 4.78 is 8.20. The van der Waals surface area contributed by atoms with Gasteiger partial charge in [-0.1, -0.05) is 20.8 Å². The van der Waals surface area contributed by atoms with E-state index in [9.17, 15) is 0 Å². The second kappa shape index (κ2) is 6.72. The van der Waals surface area contributed by atoms with Crippen LogP contribution in [0, 0.1) is 11.8 Å². The predicted octanol–water partition coefficient (Wildman–Crippen LogP) is 3.04. The Kier molecular flexibility index (Phi) is 5.22. The van der Waals surface area contributed by atoms with Crippen molar-refractivity contribution in [3.63, 3.8) is 0 Å². The van der Waals surface area contributed by atoms with Crippen LogP contribution in [0.1, 0.15) is 58.1 Å². The summed E-state index contributed by atoms with van der Waals surface area (Å²) in [5.74, 6) is 1.55. The van der Waals surface area contributed by atoms with Crippen LogP contribution >= 0.6 is 0 Å². The summed E-state index contributed by atoms with van der Waals surface area (Å²) in [5.41, 5.74) is 7.38. The molecule has 0 radical (unpaired) electrons. The molecule has 1 saturated carbocycles. The molecule has 1 heterocycles. The highest BCUT2D eigenvalue weighted by Gasteiger charge is 2.30. The number of hydrogen-bond acceptors (Lipinski definition) is 3. The molecule has 1 aromatic heterocycles. The minimum Gasteiger partial charge on any atom is -0.369 e. The van der Waals surface area contributed by atoms with Crippen molar-refractivity contribution in [3.05, 3.63) is 18.0 Å². The fourth-order valence-corrected chi connectivity index (χ4v) is 3.06. The quantitative estimate of drug-likeness (QED) is 0.901. The van der Waals surface area contributed by atoms with E-state index in [0.717, 1.165) is 36.7 Å². The van der Waals surface area contributed by atoms with E-state index in [4.69, 9.17) is 10.5 Å². The van der Waals surface area contributed by atoms with Crippen molar-refractivity contribution in [2.24, 2.45) is 24.6 Å². The largest absolute Gasteiger partial charge is 0.369 e. The number of aryl methyl sites for hydroxylation is 1. The zero-order valence-electron chi connectivity index (χ0n) is 13.2. The van der Waals surface area contributed by atoms with Gasteiger partial charge in [0.15, 0.2) is 0 Å². The number of nitrogens with two attached hydrogens (primary N) is 1. The Balaban J connectivity index is 2.05. The van der Waals surface area contributed by atoms with E-state index in [-0.39, 0.29) is 12.1 Å². The summed E-state index contributed by atoms with van der Waals surface area (Å²) >= 11 is 0. The molecule has 2 rings (SSSR count). The molecule has 0 amide bonds. The maximum atomic E-state index is 6.38. The van der Waals surface area contributed by atoms with E-state index in [1.54, 1.807) is 0 Å². The third-order valence-electron chi connectivity index (χ3n) is 4.80. The lowest BCUT2D eigenvalue weighted by atomic mass is 9.80. The molecule has 0 aromatic carbocycles. The predicted molar refractivity (Wildman–Crippen MR) is 81.3 cm³/mol. The zero-order valence-corrected chi connectivity index (χ0v) is 13.2. The number of ether oxygens (including phenoxy) is 1. The maximum Gasteiger partial charge on any atom is 0.101 e. The fourth-order valence-electron chi connectivity index (χ4n) is 3.06. The average Bonchev–Trinajstić information content (AvgIpc) is 2.85. The highest BCUT2D eigenvalue weighted by atomic mass is 16.5. The molecule has 0 saturated heterocycles. The Hall–Kier alpha value is -0.870. The van der Waals surface area contributed by atoms with Crippen LogP contribution in [0.25, 0.3) is 0 Å². The smallest absolute Gasteiger partial charge is 0.101 e. The van der Waals surface area contributed by atoms with Gasteiger partial charge in [-0.3, -0.25) is 4.68 Å². The molecule has 20 heavy (non-hydrogen) atoms. The van der Waals surface area contributed by atoms with Gasteiger partial charge in [-0.25, -0.2) is 0 Å². The molecule has 114 valence electrons. The molecule has 1 fully saturated rings. The van der Waals surface area contributed by atoms with E-state index in [1.807, 2.05) is 24.1 Å². The van der Waals surface area contributed by atoms with Gasteiger partial charge in [0.05, 0.1) is 12.3 Å². The molecule has 0 aliphatic heterocycles. The highest BCUT2D eigenvalue weighted by Crippen LogP contribution is 2.34. The summed E-state index contributed by atoms with van der Waals surface area (Å²) in [7, 11) is 1.93. The van der Waals surface area contributed by atoms with Crippen LogP contribution in [0.15, 0.2) is 12.4 Å².